The van der Waals surface area contributed by atoms with E-state index < -0.39 is 5.82 Å². The van der Waals surface area contributed by atoms with Gasteiger partial charge in [0, 0.05) is 30.4 Å². The van der Waals surface area contributed by atoms with E-state index in [1.54, 1.807) is 10.7 Å². The normalized spacial score (nSPS) is 16.0. The fraction of sp³-hybridized carbons (Fsp3) is 0.412. The van der Waals surface area contributed by atoms with Gasteiger partial charge in [0.1, 0.15) is 5.82 Å². The maximum absolute atomic E-state index is 13.7. The minimum Gasteiger partial charge on any atom is -0.381 e. The molecule has 5 heteroatoms. The van der Waals surface area contributed by atoms with E-state index in [1.807, 2.05) is 19.9 Å². The van der Waals surface area contributed by atoms with Gasteiger partial charge in [-0.15, -0.1) is 0 Å². The summed E-state index contributed by atoms with van der Waals surface area (Å²) < 4.78 is 20.7. The lowest BCUT2D eigenvalue weighted by Crippen LogP contribution is -2.24. The summed E-state index contributed by atoms with van der Waals surface area (Å²) in [7, 11) is 0. The molecule has 0 saturated carbocycles. The number of ketones is 1. The Morgan fingerprint density at radius 3 is 2.64 bits per heavy atom. The second-order valence-electron chi connectivity index (χ2n) is 5.75. The number of nitrogens with zero attached hydrogens (tertiary/aromatic N) is 2. The van der Waals surface area contributed by atoms with E-state index in [-0.39, 0.29) is 11.7 Å². The van der Waals surface area contributed by atoms with Crippen LogP contribution in [-0.4, -0.2) is 28.8 Å². The van der Waals surface area contributed by atoms with Crippen LogP contribution in [-0.2, 0) is 4.74 Å². The quantitative estimate of drug-likeness (QED) is 0.818. The number of hydrogen-bond donors (Lipinski definition) is 0. The smallest absolute Gasteiger partial charge is 0.168 e. The maximum atomic E-state index is 13.7. The second kappa shape index (κ2) is 6.01. The predicted molar refractivity (Wildman–Crippen MR) is 80.9 cm³/mol. The Labute approximate surface area is 128 Å². The molecular formula is C17H19FN2O2. The average Bonchev–Trinajstić information content (AvgIpc) is 2.86. The van der Waals surface area contributed by atoms with E-state index in [2.05, 4.69) is 5.10 Å². The Morgan fingerprint density at radius 1 is 1.27 bits per heavy atom. The first-order valence-corrected chi connectivity index (χ1v) is 7.51. The number of carbonyl (C=O) groups excluding carboxylic acids is 1. The van der Waals surface area contributed by atoms with Crippen molar-refractivity contribution in [1.82, 2.24) is 9.78 Å². The summed E-state index contributed by atoms with van der Waals surface area (Å²) in [5, 5.41) is 4.42. The third-order valence-corrected chi connectivity index (χ3v) is 4.05. The Kier molecular flexibility index (Phi) is 4.07. The number of hydrogen-bond acceptors (Lipinski definition) is 3. The van der Waals surface area contributed by atoms with Crippen LogP contribution in [0.15, 0.2) is 24.3 Å². The minimum absolute atomic E-state index is 0.0228. The molecule has 0 N–H and O–H groups in total. The summed E-state index contributed by atoms with van der Waals surface area (Å²) in [6, 6.07) is 6.25. The predicted octanol–water partition coefficient (Wildman–Crippen LogP) is 3.24. The zero-order chi connectivity index (χ0) is 15.7. The van der Waals surface area contributed by atoms with Gasteiger partial charge in [-0.2, -0.15) is 5.10 Å². The largest absolute Gasteiger partial charge is 0.381 e. The Hall–Kier alpha value is -2.01. The van der Waals surface area contributed by atoms with Gasteiger partial charge in [-0.05, 0) is 51.0 Å². The van der Waals surface area contributed by atoms with Gasteiger partial charge in [-0.1, -0.05) is 0 Å². The van der Waals surface area contributed by atoms with Crippen molar-refractivity contribution >= 4 is 5.78 Å². The Bertz CT molecular complexity index is 703. The molecule has 1 aromatic carbocycles. The van der Waals surface area contributed by atoms with Crippen molar-refractivity contribution in [3.63, 3.8) is 0 Å². The number of aryl methyl sites for hydroxylation is 2. The summed E-state index contributed by atoms with van der Waals surface area (Å²) in [4.78, 5) is 12.8. The molecule has 2 aromatic rings. The molecule has 0 spiro atoms. The molecular weight excluding hydrogens is 283 g/mol. The van der Waals surface area contributed by atoms with E-state index in [9.17, 15) is 9.18 Å². The van der Waals surface area contributed by atoms with Crippen LogP contribution in [0.1, 0.15) is 34.6 Å². The van der Waals surface area contributed by atoms with Gasteiger partial charge in [0.2, 0.25) is 0 Å². The molecule has 1 saturated heterocycles. The highest BCUT2D eigenvalue weighted by Crippen LogP contribution is 2.25. The lowest BCUT2D eigenvalue weighted by Gasteiger charge is -2.22. The van der Waals surface area contributed by atoms with E-state index in [0.29, 0.717) is 37.3 Å². The SMILES string of the molecule is Cc1cc(C)n(-c2ccc(F)cc2C(=O)C2CCOCC2)n1. The highest BCUT2D eigenvalue weighted by Gasteiger charge is 2.26. The highest BCUT2D eigenvalue weighted by atomic mass is 19.1. The van der Waals surface area contributed by atoms with Gasteiger partial charge in [-0.3, -0.25) is 4.79 Å². The van der Waals surface area contributed by atoms with E-state index >= 15 is 0 Å². The first kappa shape index (κ1) is 14.9. The van der Waals surface area contributed by atoms with Crippen LogP contribution in [0, 0.1) is 25.6 Å². The van der Waals surface area contributed by atoms with Gasteiger partial charge in [0.15, 0.2) is 5.78 Å². The first-order chi connectivity index (χ1) is 10.6. The Balaban J connectivity index is 2.04. The molecule has 0 amide bonds. The summed E-state index contributed by atoms with van der Waals surface area (Å²) >= 11 is 0. The molecule has 4 nitrogen and oxygen atoms in total. The number of carbonyl (C=O) groups is 1. The molecule has 1 aliphatic heterocycles. The summed E-state index contributed by atoms with van der Waals surface area (Å²) in [6.45, 7) is 4.99. The highest BCUT2D eigenvalue weighted by molar-refractivity contribution is 6.01. The third-order valence-electron chi connectivity index (χ3n) is 4.05. The van der Waals surface area contributed by atoms with E-state index in [4.69, 9.17) is 4.74 Å². The monoisotopic (exact) mass is 302 g/mol. The lowest BCUT2D eigenvalue weighted by molar-refractivity contribution is 0.0544. The van der Waals surface area contributed by atoms with Crippen molar-refractivity contribution in [1.29, 1.82) is 0 Å². The molecule has 1 aliphatic rings. The van der Waals surface area contributed by atoms with Gasteiger partial charge < -0.3 is 4.74 Å². The molecule has 0 bridgehead atoms. The van der Waals surface area contributed by atoms with Gasteiger partial charge in [-0.25, -0.2) is 9.07 Å². The van der Waals surface area contributed by atoms with Crippen molar-refractivity contribution in [3.05, 3.63) is 47.0 Å². The lowest BCUT2D eigenvalue weighted by atomic mass is 9.90. The van der Waals surface area contributed by atoms with Crippen molar-refractivity contribution in [3.8, 4) is 5.69 Å². The molecule has 0 aliphatic carbocycles. The van der Waals surface area contributed by atoms with Crippen LogP contribution < -0.4 is 0 Å². The van der Waals surface area contributed by atoms with Gasteiger partial charge >= 0.3 is 0 Å². The standard InChI is InChI=1S/C17H19FN2O2/c1-11-9-12(2)20(19-11)16-4-3-14(18)10-15(16)17(21)13-5-7-22-8-6-13/h3-4,9-10,13H,5-8H2,1-2H3. The number of aromatic nitrogens is 2. The fourth-order valence-electron chi connectivity index (χ4n) is 2.94. The summed E-state index contributed by atoms with van der Waals surface area (Å²) in [5.41, 5.74) is 2.83. The topological polar surface area (TPSA) is 44.1 Å². The molecule has 2 heterocycles. The molecule has 22 heavy (non-hydrogen) atoms. The van der Waals surface area contributed by atoms with Crippen LogP contribution in [0.4, 0.5) is 4.39 Å². The van der Waals surface area contributed by atoms with Crippen LogP contribution in [0.25, 0.3) is 5.69 Å². The van der Waals surface area contributed by atoms with Crippen molar-refractivity contribution in [2.75, 3.05) is 13.2 Å². The minimum atomic E-state index is -0.402. The van der Waals surface area contributed by atoms with Crippen LogP contribution >= 0.6 is 0 Å². The van der Waals surface area contributed by atoms with Gasteiger partial charge in [0.05, 0.1) is 11.4 Å². The molecule has 1 fully saturated rings. The van der Waals surface area contributed by atoms with E-state index in [1.165, 1.54) is 12.1 Å². The summed E-state index contributed by atoms with van der Waals surface area (Å²) in [6.07, 6.45) is 1.37. The van der Waals surface area contributed by atoms with Crippen molar-refractivity contribution < 1.29 is 13.9 Å². The zero-order valence-corrected chi connectivity index (χ0v) is 12.8. The van der Waals surface area contributed by atoms with Crippen LogP contribution in [0.2, 0.25) is 0 Å². The fourth-order valence-corrected chi connectivity index (χ4v) is 2.94. The van der Waals surface area contributed by atoms with Crippen LogP contribution in [0.5, 0.6) is 0 Å². The number of benzene rings is 1. The molecule has 0 atom stereocenters. The molecule has 0 unspecified atom stereocenters. The number of halogens is 1. The number of ether oxygens (including phenoxy) is 1. The number of rotatable bonds is 3. The molecule has 0 radical (unpaired) electrons. The molecule has 1 aromatic heterocycles. The first-order valence-electron chi connectivity index (χ1n) is 7.51. The molecule has 116 valence electrons. The average molecular weight is 302 g/mol. The third kappa shape index (κ3) is 2.81. The maximum Gasteiger partial charge on any atom is 0.168 e. The number of Topliss-reactive ketones (excluding diaryl/α,β-unsaturated/α-hetero) is 1. The van der Waals surface area contributed by atoms with Gasteiger partial charge in [0.25, 0.3) is 0 Å². The van der Waals surface area contributed by atoms with Crippen LogP contribution in [0.3, 0.4) is 0 Å². The van der Waals surface area contributed by atoms with Crippen molar-refractivity contribution in [2.45, 2.75) is 26.7 Å². The molecule has 3 rings (SSSR count). The Morgan fingerprint density at radius 2 is 2.00 bits per heavy atom. The zero-order valence-electron chi connectivity index (χ0n) is 12.8. The second-order valence-corrected chi connectivity index (χ2v) is 5.75. The van der Waals surface area contributed by atoms with Crippen molar-refractivity contribution in [2.24, 2.45) is 5.92 Å². The van der Waals surface area contributed by atoms with E-state index in [0.717, 1.165) is 11.4 Å². The summed E-state index contributed by atoms with van der Waals surface area (Å²) in [5.74, 6) is -0.530.